The van der Waals surface area contributed by atoms with E-state index in [1.807, 2.05) is 0 Å². The summed E-state index contributed by atoms with van der Waals surface area (Å²) in [6, 6.07) is 0. The van der Waals surface area contributed by atoms with E-state index in [9.17, 15) is 5.11 Å². The summed E-state index contributed by atoms with van der Waals surface area (Å²) in [5.74, 6) is 11.2. The molecule has 0 aliphatic heterocycles. The predicted molar refractivity (Wildman–Crippen MR) is 56.0 cm³/mol. The zero-order valence-electron chi connectivity index (χ0n) is 8.56. The molecule has 0 radical (unpaired) electrons. The molecule has 0 saturated carbocycles. The van der Waals surface area contributed by atoms with E-state index in [0.29, 0.717) is 0 Å². The van der Waals surface area contributed by atoms with Crippen LogP contribution in [0.4, 0.5) is 0 Å². The van der Waals surface area contributed by atoms with Gasteiger partial charge in [0.05, 0.1) is 0 Å². The smallest absolute Gasteiger partial charge is 0.176 e. The van der Waals surface area contributed by atoms with Crippen LogP contribution in [0.25, 0.3) is 0 Å². The Balaban J connectivity index is 3.65. The van der Waals surface area contributed by atoms with Gasteiger partial charge in [-0.25, -0.2) is 0 Å². The molecule has 72 valence electrons. The average molecular weight is 178 g/mol. The molecule has 0 aromatic heterocycles. The van der Waals surface area contributed by atoms with Crippen LogP contribution in [0.3, 0.4) is 0 Å². The minimum Gasteiger partial charge on any atom is -0.369 e. The number of aliphatic hydroxyl groups is 1. The van der Waals surface area contributed by atoms with Crippen LogP contribution in [-0.2, 0) is 0 Å². The van der Waals surface area contributed by atoms with Gasteiger partial charge in [0.2, 0.25) is 0 Å². The van der Waals surface area contributed by atoms with E-state index in [4.69, 9.17) is 0 Å². The largest absolute Gasteiger partial charge is 0.369 e. The molecule has 1 heteroatoms. The third-order valence-corrected chi connectivity index (χ3v) is 1.51. The number of unbranched alkanes of at least 4 members (excludes halogenated alkanes) is 3. The van der Waals surface area contributed by atoms with Crippen molar-refractivity contribution in [1.29, 1.82) is 0 Å². The minimum atomic E-state index is -0.747. The molecule has 1 unspecified atom stereocenters. The quantitative estimate of drug-likeness (QED) is 0.519. The maximum atomic E-state index is 9.23. The fraction of sp³-hybridized carbons (Fsp3) is 0.667. The van der Waals surface area contributed by atoms with Gasteiger partial charge in [-0.3, -0.25) is 0 Å². The third kappa shape index (κ3) is 8.99. The topological polar surface area (TPSA) is 20.2 Å². The Kier molecular flexibility index (Phi) is 8.52. The molecule has 1 nitrogen and oxygen atoms in total. The first kappa shape index (κ1) is 12.1. The lowest BCUT2D eigenvalue weighted by molar-refractivity contribution is 0.289. The van der Waals surface area contributed by atoms with Crippen molar-refractivity contribution in [2.75, 3.05) is 0 Å². The molecule has 0 aliphatic rings. The van der Waals surface area contributed by atoms with Crippen LogP contribution in [0.5, 0.6) is 0 Å². The summed E-state index contributed by atoms with van der Waals surface area (Å²) in [6.45, 7) is 4.19. The van der Waals surface area contributed by atoms with Crippen molar-refractivity contribution in [3.8, 4) is 23.7 Å². The van der Waals surface area contributed by atoms with Crippen molar-refractivity contribution in [2.24, 2.45) is 0 Å². The van der Waals surface area contributed by atoms with Crippen LogP contribution >= 0.6 is 0 Å². The van der Waals surface area contributed by atoms with E-state index >= 15 is 0 Å². The molecular weight excluding hydrogens is 160 g/mol. The third-order valence-electron chi connectivity index (χ3n) is 1.51. The summed E-state index contributed by atoms with van der Waals surface area (Å²) in [7, 11) is 0. The lowest BCUT2D eigenvalue weighted by Gasteiger charge is -1.89. The Morgan fingerprint density at radius 3 is 2.15 bits per heavy atom. The zero-order chi connectivity index (χ0) is 9.94. The van der Waals surface area contributed by atoms with Crippen molar-refractivity contribution in [3.05, 3.63) is 0 Å². The van der Waals surface area contributed by atoms with Gasteiger partial charge in [0.15, 0.2) is 6.10 Å². The summed E-state index contributed by atoms with van der Waals surface area (Å²) in [5, 5.41) is 9.23. The highest BCUT2D eigenvalue weighted by Crippen LogP contribution is 1.91. The first-order valence-electron chi connectivity index (χ1n) is 4.96. The van der Waals surface area contributed by atoms with Gasteiger partial charge in [0.1, 0.15) is 0 Å². The Hall–Kier alpha value is -0.920. The molecule has 0 aromatic carbocycles. The summed E-state index contributed by atoms with van der Waals surface area (Å²) in [6.07, 6.45) is 4.23. The van der Waals surface area contributed by atoms with Crippen LogP contribution in [0.15, 0.2) is 0 Å². The van der Waals surface area contributed by atoms with Gasteiger partial charge in [-0.05, 0) is 12.8 Å². The first-order valence-corrected chi connectivity index (χ1v) is 4.96. The molecule has 13 heavy (non-hydrogen) atoms. The van der Waals surface area contributed by atoms with Crippen molar-refractivity contribution < 1.29 is 5.11 Å². The Morgan fingerprint density at radius 1 is 1.00 bits per heavy atom. The molecule has 0 bridgehead atoms. The summed E-state index contributed by atoms with van der Waals surface area (Å²) < 4.78 is 0. The number of hydrogen-bond acceptors (Lipinski definition) is 1. The van der Waals surface area contributed by atoms with Gasteiger partial charge in [-0.15, -0.1) is 0 Å². The molecule has 0 rings (SSSR count). The van der Waals surface area contributed by atoms with Gasteiger partial charge in [-0.2, -0.15) is 0 Å². The molecular formula is C12H18O. The summed E-state index contributed by atoms with van der Waals surface area (Å²) >= 11 is 0. The highest BCUT2D eigenvalue weighted by Gasteiger charge is 1.87. The molecule has 0 amide bonds. The second kappa shape index (κ2) is 9.17. The lowest BCUT2D eigenvalue weighted by Crippen LogP contribution is -1.97. The maximum Gasteiger partial charge on any atom is 0.176 e. The van der Waals surface area contributed by atoms with Crippen molar-refractivity contribution in [2.45, 2.75) is 52.1 Å². The van der Waals surface area contributed by atoms with Gasteiger partial charge in [-0.1, -0.05) is 44.0 Å². The van der Waals surface area contributed by atoms with E-state index in [0.717, 1.165) is 32.1 Å². The monoisotopic (exact) mass is 178 g/mol. The molecule has 0 fully saturated rings. The van der Waals surface area contributed by atoms with E-state index in [1.165, 1.54) is 0 Å². The first-order chi connectivity index (χ1) is 6.31. The van der Waals surface area contributed by atoms with Crippen LogP contribution in [0, 0.1) is 23.7 Å². The molecule has 0 spiro atoms. The van der Waals surface area contributed by atoms with Gasteiger partial charge < -0.3 is 5.11 Å². The standard InChI is InChI=1S/C12H18O/c1-3-5-7-9-11-12(13)10-8-6-4-2/h12-13H,3-7H2,1-2H3. The normalized spacial score (nSPS) is 10.7. The average Bonchev–Trinajstić information content (AvgIpc) is 2.13. The fourth-order valence-corrected chi connectivity index (χ4v) is 0.764. The second-order valence-electron chi connectivity index (χ2n) is 2.90. The predicted octanol–water partition coefficient (Wildman–Crippen LogP) is 2.34. The molecule has 1 N–H and O–H groups in total. The highest BCUT2D eigenvalue weighted by atomic mass is 16.3. The SMILES string of the molecule is CCCC#CC(O)C#CCCCC. The highest BCUT2D eigenvalue weighted by molar-refractivity contribution is 5.19. The Bertz CT molecular complexity index is 221. The molecule has 0 aromatic rings. The van der Waals surface area contributed by atoms with E-state index in [2.05, 4.69) is 37.5 Å². The van der Waals surface area contributed by atoms with Crippen molar-refractivity contribution in [3.63, 3.8) is 0 Å². The van der Waals surface area contributed by atoms with Crippen LogP contribution in [0.1, 0.15) is 46.0 Å². The zero-order valence-corrected chi connectivity index (χ0v) is 8.56. The Labute approximate surface area is 81.5 Å². The summed E-state index contributed by atoms with van der Waals surface area (Å²) in [4.78, 5) is 0. The van der Waals surface area contributed by atoms with Crippen LogP contribution < -0.4 is 0 Å². The molecule has 0 heterocycles. The van der Waals surface area contributed by atoms with Gasteiger partial charge >= 0.3 is 0 Å². The van der Waals surface area contributed by atoms with Crippen LogP contribution in [-0.4, -0.2) is 11.2 Å². The Morgan fingerprint density at radius 2 is 1.62 bits per heavy atom. The van der Waals surface area contributed by atoms with Crippen molar-refractivity contribution in [1.82, 2.24) is 0 Å². The van der Waals surface area contributed by atoms with Gasteiger partial charge in [0.25, 0.3) is 0 Å². The van der Waals surface area contributed by atoms with E-state index in [1.54, 1.807) is 0 Å². The fourth-order valence-electron chi connectivity index (χ4n) is 0.764. The molecule has 0 aliphatic carbocycles. The second-order valence-corrected chi connectivity index (χ2v) is 2.90. The number of rotatable bonds is 3. The van der Waals surface area contributed by atoms with E-state index in [-0.39, 0.29) is 0 Å². The van der Waals surface area contributed by atoms with Gasteiger partial charge in [0, 0.05) is 12.8 Å². The number of aliphatic hydroxyl groups excluding tert-OH is 1. The molecule has 1 atom stereocenters. The van der Waals surface area contributed by atoms with Crippen molar-refractivity contribution >= 4 is 0 Å². The number of hydrogen-bond donors (Lipinski definition) is 1. The minimum absolute atomic E-state index is 0.747. The lowest BCUT2D eigenvalue weighted by atomic mass is 10.2. The molecule has 0 saturated heterocycles. The van der Waals surface area contributed by atoms with E-state index < -0.39 is 6.10 Å². The summed E-state index contributed by atoms with van der Waals surface area (Å²) in [5.41, 5.74) is 0. The maximum absolute atomic E-state index is 9.23. The van der Waals surface area contributed by atoms with Crippen LogP contribution in [0.2, 0.25) is 0 Å².